The van der Waals surface area contributed by atoms with E-state index < -0.39 is 0 Å². The highest BCUT2D eigenvalue weighted by atomic mass is 19.1. The molecule has 1 rings (SSSR count). The van der Waals surface area contributed by atoms with Crippen molar-refractivity contribution in [1.82, 2.24) is 0 Å². The van der Waals surface area contributed by atoms with Crippen LogP contribution in [0.3, 0.4) is 0 Å². The van der Waals surface area contributed by atoms with Crippen LogP contribution in [0.4, 0.5) is 4.39 Å². The molecule has 0 unspecified atom stereocenters. The lowest BCUT2D eigenvalue weighted by molar-refractivity contribution is 0.343. The van der Waals surface area contributed by atoms with Crippen LogP contribution in [-0.4, -0.2) is 11.7 Å². The van der Waals surface area contributed by atoms with Crippen LogP contribution in [0.15, 0.2) is 24.3 Å². The SMILES string of the molecule is Cc1cc(C=CCO)ccc1F. The Labute approximate surface area is 71.2 Å². The molecule has 0 radical (unpaired) electrons. The Bertz CT molecular complexity index is 292. The number of rotatable bonds is 2. The van der Waals surface area contributed by atoms with E-state index in [0.717, 1.165) is 5.56 Å². The minimum Gasteiger partial charge on any atom is -0.392 e. The first-order valence-electron chi connectivity index (χ1n) is 3.77. The topological polar surface area (TPSA) is 20.2 Å². The first kappa shape index (κ1) is 8.94. The molecule has 0 amide bonds. The molecular formula is C10H11FO. The van der Waals surface area contributed by atoms with E-state index in [1.54, 1.807) is 31.2 Å². The predicted octanol–water partition coefficient (Wildman–Crippen LogP) is 2.14. The number of aliphatic hydroxyl groups is 1. The van der Waals surface area contributed by atoms with Gasteiger partial charge in [0.05, 0.1) is 6.61 Å². The van der Waals surface area contributed by atoms with E-state index in [0.29, 0.717) is 5.56 Å². The Morgan fingerprint density at radius 3 is 2.83 bits per heavy atom. The van der Waals surface area contributed by atoms with E-state index in [1.165, 1.54) is 6.07 Å². The Balaban J connectivity index is 2.89. The third-order valence-corrected chi connectivity index (χ3v) is 1.60. The Morgan fingerprint density at radius 2 is 2.25 bits per heavy atom. The second-order valence-corrected chi connectivity index (χ2v) is 2.59. The van der Waals surface area contributed by atoms with Crippen molar-refractivity contribution < 1.29 is 9.50 Å². The highest BCUT2D eigenvalue weighted by Crippen LogP contribution is 2.10. The van der Waals surface area contributed by atoms with Crippen LogP contribution in [0.2, 0.25) is 0 Å². The van der Waals surface area contributed by atoms with Crippen LogP contribution >= 0.6 is 0 Å². The zero-order valence-electron chi connectivity index (χ0n) is 6.92. The van der Waals surface area contributed by atoms with Gasteiger partial charge in [-0.1, -0.05) is 18.2 Å². The van der Waals surface area contributed by atoms with Crippen molar-refractivity contribution in [3.63, 3.8) is 0 Å². The van der Waals surface area contributed by atoms with E-state index in [1.807, 2.05) is 0 Å². The maximum Gasteiger partial charge on any atom is 0.126 e. The van der Waals surface area contributed by atoms with Crippen molar-refractivity contribution in [1.29, 1.82) is 0 Å². The molecule has 1 N–H and O–H groups in total. The number of hydrogen-bond acceptors (Lipinski definition) is 1. The molecule has 1 aromatic rings. The van der Waals surface area contributed by atoms with Gasteiger partial charge in [-0.3, -0.25) is 0 Å². The van der Waals surface area contributed by atoms with Gasteiger partial charge in [0.15, 0.2) is 0 Å². The van der Waals surface area contributed by atoms with Crippen LogP contribution in [0, 0.1) is 12.7 Å². The smallest absolute Gasteiger partial charge is 0.126 e. The monoisotopic (exact) mass is 166 g/mol. The van der Waals surface area contributed by atoms with Gasteiger partial charge in [-0.05, 0) is 30.2 Å². The van der Waals surface area contributed by atoms with Crippen molar-refractivity contribution in [2.45, 2.75) is 6.92 Å². The van der Waals surface area contributed by atoms with Gasteiger partial charge in [-0.2, -0.15) is 0 Å². The van der Waals surface area contributed by atoms with E-state index in [9.17, 15) is 4.39 Å². The maximum atomic E-state index is 12.7. The summed E-state index contributed by atoms with van der Waals surface area (Å²) in [6, 6.07) is 4.84. The quantitative estimate of drug-likeness (QED) is 0.713. The fourth-order valence-corrected chi connectivity index (χ4v) is 0.960. The highest BCUT2D eigenvalue weighted by molar-refractivity contribution is 5.50. The average Bonchev–Trinajstić information content (AvgIpc) is 2.07. The summed E-state index contributed by atoms with van der Waals surface area (Å²) < 4.78 is 12.7. The molecule has 0 bridgehead atoms. The van der Waals surface area contributed by atoms with Gasteiger partial charge in [0.2, 0.25) is 0 Å². The molecule has 0 saturated heterocycles. The third-order valence-electron chi connectivity index (χ3n) is 1.60. The fourth-order valence-electron chi connectivity index (χ4n) is 0.960. The second kappa shape index (κ2) is 4.02. The Morgan fingerprint density at radius 1 is 1.50 bits per heavy atom. The molecule has 0 aromatic heterocycles. The molecule has 0 aliphatic heterocycles. The molecule has 1 nitrogen and oxygen atoms in total. The number of aliphatic hydroxyl groups excluding tert-OH is 1. The summed E-state index contributed by atoms with van der Waals surface area (Å²) >= 11 is 0. The molecule has 12 heavy (non-hydrogen) atoms. The molecule has 64 valence electrons. The van der Waals surface area contributed by atoms with Crippen molar-refractivity contribution in [3.8, 4) is 0 Å². The number of aryl methyl sites for hydroxylation is 1. The lowest BCUT2D eigenvalue weighted by atomic mass is 10.1. The van der Waals surface area contributed by atoms with Crippen molar-refractivity contribution in [3.05, 3.63) is 41.2 Å². The molecule has 0 atom stereocenters. The lowest BCUT2D eigenvalue weighted by Gasteiger charge is -1.97. The molecule has 0 aliphatic carbocycles. The first-order valence-corrected chi connectivity index (χ1v) is 3.77. The van der Waals surface area contributed by atoms with Crippen molar-refractivity contribution in [2.75, 3.05) is 6.61 Å². The van der Waals surface area contributed by atoms with Crippen molar-refractivity contribution >= 4 is 6.08 Å². The largest absolute Gasteiger partial charge is 0.392 e. The van der Waals surface area contributed by atoms with Crippen LogP contribution in [0.25, 0.3) is 6.08 Å². The van der Waals surface area contributed by atoms with E-state index >= 15 is 0 Å². The second-order valence-electron chi connectivity index (χ2n) is 2.59. The predicted molar refractivity (Wildman–Crippen MR) is 47.3 cm³/mol. The minimum atomic E-state index is -0.198. The van der Waals surface area contributed by atoms with Gasteiger partial charge in [-0.15, -0.1) is 0 Å². The number of benzene rings is 1. The summed E-state index contributed by atoms with van der Waals surface area (Å²) in [4.78, 5) is 0. The van der Waals surface area contributed by atoms with Gasteiger partial charge >= 0.3 is 0 Å². The van der Waals surface area contributed by atoms with E-state index in [2.05, 4.69) is 0 Å². The number of hydrogen-bond donors (Lipinski definition) is 1. The van der Waals surface area contributed by atoms with Gasteiger partial charge in [0.25, 0.3) is 0 Å². The van der Waals surface area contributed by atoms with Gasteiger partial charge in [-0.25, -0.2) is 4.39 Å². The number of halogens is 1. The first-order chi connectivity index (χ1) is 5.74. The zero-order valence-corrected chi connectivity index (χ0v) is 6.92. The summed E-state index contributed by atoms with van der Waals surface area (Å²) in [5.74, 6) is -0.198. The molecule has 0 saturated carbocycles. The normalized spacial score (nSPS) is 10.9. The summed E-state index contributed by atoms with van der Waals surface area (Å²) in [7, 11) is 0. The van der Waals surface area contributed by atoms with E-state index in [-0.39, 0.29) is 12.4 Å². The summed E-state index contributed by atoms with van der Waals surface area (Å²) in [6.45, 7) is 1.72. The van der Waals surface area contributed by atoms with Crippen molar-refractivity contribution in [2.24, 2.45) is 0 Å². The minimum absolute atomic E-state index is 0.0103. The Kier molecular flexibility index (Phi) is 3.00. The molecule has 0 heterocycles. The van der Waals surface area contributed by atoms with Gasteiger partial charge < -0.3 is 5.11 Å². The van der Waals surface area contributed by atoms with Gasteiger partial charge in [0.1, 0.15) is 5.82 Å². The zero-order chi connectivity index (χ0) is 8.97. The molecule has 2 heteroatoms. The standard InChI is InChI=1S/C10H11FO/c1-8-7-9(3-2-6-12)4-5-10(8)11/h2-5,7,12H,6H2,1H3. The molecule has 0 aliphatic rings. The summed E-state index contributed by atoms with van der Waals surface area (Å²) in [5, 5.41) is 8.49. The maximum absolute atomic E-state index is 12.7. The highest BCUT2D eigenvalue weighted by Gasteiger charge is 1.95. The van der Waals surface area contributed by atoms with Crippen LogP contribution in [0.1, 0.15) is 11.1 Å². The summed E-state index contributed by atoms with van der Waals surface area (Å²) in [5.41, 5.74) is 1.53. The fraction of sp³-hybridized carbons (Fsp3) is 0.200. The van der Waals surface area contributed by atoms with Crippen LogP contribution in [-0.2, 0) is 0 Å². The molecule has 0 fully saturated rings. The lowest BCUT2D eigenvalue weighted by Crippen LogP contribution is -1.82. The van der Waals surface area contributed by atoms with Crippen LogP contribution in [0.5, 0.6) is 0 Å². The molecular weight excluding hydrogens is 155 g/mol. The van der Waals surface area contributed by atoms with Gasteiger partial charge in [0, 0.05) is 0 Å². The van der Waals surface area contributed by atoms with E-state index in [4.69, 9.17) is 5.11 Å². The average molecular weight is 166 g/mol. The summed E-state index contributed by atoms with van der Waals surface area (Å²) in [6.07, 6.45) is 3.37. The molecule has 1 aromatic carbocycles. The molecule has 0 spiro atoms. The Hall–Kier alpha value is -1.15. The van der Waals surface area contributed by atoms with Crippen LogP contribution < -0.4 is 0 Å². The third kappa shape index (κ3) is 2.17.